The van der Waals surface area contributed by atoms with Gasteiger partial charge in [0.25, 0.3) is 5.56 Å². The first-order chi connectivity index (χ1) is 7.72. The topological polar surface area (TPSA) is 66.0 Å². The van der Waals surface area contributed by atoms with E-state index in [1.54, 1.807) is 0 Å². The number of halogens is 1. The van der Waals surface area contributed by atoms with Crippen molar-refractivity contribution in [2.24, 2.45) is 0 Å². The molecule has 0 radical (unpaired) electrons. The molecule has 0 fully saturated rings. The van der Waals surface area contributed by atoms with Crippen molar-refractivity contribution in [3.05, 3.63) is 40.2 Å². The van der Waals surface area contributed by atoms with Gasteiger partial charge < -0.3 is 10.1 Å². The lowest BCUT2D eigenvalue weighted by Gasteiger charge is -2.02. The molecule has 5 heteroatoms. The van der Waals surface area contributed by atoms with Crippen LogP contribution in [0.3, 0.4) is 0 Å². The van der Waals surface area contributed by atoms with E-state index in [-0.39, 0.29) is 23.1 Å². The lowest BCUT2D eigenvalue weighted by molar-refractivity contribution is 0.287. The van der Waals surface area contributed by atoms with E-state index in [1.807, 2.05) is 0 Å². The quantitative estimate of drug-likeness (QED) is 0.813. The van der Waals surface area contributed by atoms with Gasteiger partial charge in [0.15, 0.2) is 0 Å². The standard InChI is InChI=1S/C11H11FN2O2/c12-8-4-1-3-7-10(8)13-9(5-2-6-15)14-11(7)16/h1,3-4,15H,2,5-6H2,(H,13,14,16). The number of aryl methyl sites for hydroxylation is 1. The Morgan fingerprint density at radius 3 is 3.00 bits per heavy atom. The molecule has 0 saturated carbocycles. The van der Waals surface area contributed by atoms with Crippen molar-refractivity contribution < 1.29 is 9.50 Å². The minimum atomic E-state index is -0.506. The van der Waals surface area contributed by atoms with Gasteiger partial charge in [-0.1, -0.05) is 6.07 Å². The van der Waals surface area contributed by atoms with Gasteiger partial charge in [-0.15, -0.1) is 0 Å². The van der Waals surface area contributed by atoms with E-state index in [9.17, 15) is 9.18 Å². The number of hydrogen-bond acceptors (Lipinski definition) is 3. The minimum absolute atomic E-state index is 0.0129. The van der Waals surface area contributed by atoms with Crippen molar-refractivity contribution >= 4 is 10.9 Å². The van der Waals surface area contributed by atoms with Gasteiger partial charge in [0.05, 0.1) is 5.39 Å². The second-order valence-corrected chi connectivity index (χ2v) is 3.48. The molecule has 16 heavy (non-hydrogen) atoms. The SMILES string of the molecule is O=c1[nH]c(CCCO)nc2c(F)cccc12. The molecule has 2 N–H and O–H groups in total. The molecule has 0 aliphatic heterocycles. The molecule has 2 aromatic rings. The Morgan fingerprint density at radius 2 is 2.25 bits per heavy atom. The van der Waals surface area contributed by atoms with Gasteiger partial charge in [0.1, 0.15) is 17.2 Å². The summed E-state index contributed by atoms with van der Waals surface area (Å²) in [4.78, 5) is 18.2. The smallest absolute Gasteiger partial charge is 0.258 e. The Morgan fingerprint density at radius 1 is 1.44 bits per heavy atom. The summed E-state index contributed by atoms with van der Waals surface area (Å²) < 4.78 is 13.4. The van der Waals surface area contributed by atoms with Crippen molar-refractivity contribution in [2.45, 2.75) is 12.8 Å². The summed E-state index contributed by atoms with van der Waals surface area (Å²) in [7, 11) is 0. The maximum absolute atomic E-state index is 13.4. The highest BCUT2D eigenvalue weighted by atomic mass is 19.1. The molecule has 0 unspecified atom stereocenters. The third-order valence-corrected chi connectivity index (χ3v) is 2.31. The first kappa shape index (κ1) is 10.8. The maximum atomic E-state index is 13.4. The zero-order valence-corrected chi connectivity index (χ0v) is 8.53. The summed E-state index contributed by atoms with van der Waals surface area (Å²) in [6.07, 6.45) is 0.916. The second-order valence-electron chi connectivity index (χ2n) is 3.48. The molecule has 0 aliphatic carbocycles. The van der Waals surface area contributed by atoms with E-state index in [4.69, 9.17) is 5.11 Å². The predicted molar refractivity (Wildman–Crippen MR) is 57.7 cm³/mol. The van der Waals surface area contributed by atoms with Gasteiger partial charge in [0, 0.05) is 13.0 Å². The number of H-pyrrole nitrogens is 1. The van der Waals surface area contributed by atoms with Crippen LogP contribution in [0.1, 0.15) is 12.2 Å². The van der Waals surface area contributed by atoms with Crippen LogP contribution in [0.15, 0.2) is 23.0 Å². The largest absolute Gasteiger partial charge is 0.396 e. The van der Waals surface area contributed by atoms with Crippen LogP contribution < -0.4 is 5.56 Å². The first-order valence-electron chi connectivity index (χ1n) is 5.00. The van der Waals surface area contributed by atoms with Gasteiger partial charge in [-0.3, -0.25) is 4.79 Å². The monoisotopic (exact) mass is 222 g/mol. The normalized spacial score (nSPS) is 10.9. The highest BCUT2D eigenvalue weighted by Gasteiger charge is 2.07. The van der Waals surface area contributed by atoms with Gasteiger partial charge in [-0.05, 0) is 18.6 Å². The molecule has 0 aliphatic rings. The number of benzene rings is 1. The fourth-order valence-corrected chi connectivity index (χ4v) is 1.54. The number of fused-ring (bicyclic) bond motifs is 1. The molecule has 0 bridgehead atoms. The number of nitrogens with one attached hydrogen (secondary N) is 1. The zero-order chi connectivity index (χ0) is 11.5. The van der Waals surface area contributed by atoms with Crippen LogP contribution in [0.2, 0.25) is 0 Å². The Hall–Kier alpha value is -1.75. The fourth-order valence-electron chi connectivity index (χ4n) is 1.54. The molecule has 84 valence electrons. The van der Waals surface area contributed by atoms with Gasteiger partial charge in [-0.2, -0.15) is 0 Å². The van der Waals surface area contributed by atoms with Crippen LogP contribution in [0.5, 0.6) is 0 Å². The van der Waals surface area contributed by atoms with E-state index >= 15 is 0 Å². The third-order valence-electron chi connectivity index (χ3n) is 2.31. The number of rotatable bonds is 3. The number of aliphatic hydroxyl groups excluding tert-OH is 1. The van der Waals surface area contributed by atoms with Crippen LogP contribution in [0, 0.1) is 5.82 Å². The second kappa shape index (κ2) is 4.40. The Balaban J connectivity index is 2.57. The van der Waals surface area contributed by atoms with Crippen molar-refractivity contribution in [2.75, 3.05) is 6.61 Å². The summed E-state index contributed by atoms with van der Waals surface area (Å²) in [5, 5.41) is 8.91. The lowest BCUT2D eigenvalue weighted by Crippen LogP contribution is -2.13. The third kappa shape index (κ3) is 1.94. The molecule has 0 saturated heterocycles. The Bertz CT molecular complexity index is 565. The summed E-state index contributed by atoms with van der Waals surface area (Å²) >= 11 is 0. The fraction of sp³-hybridized carbons (Fsp3) is 0.273. The van der Waals surface area contributed by atoms with E-state index < -0.39 is 5.82 Å². The van der Waals surface area contributed by atoms with Gasteiger partial charge >= 0.3 is 0 Å². The molecule has 0 spiro atoms. The lowest BCUT2D eigenvalue weighted by atomic mass is 10.2. The number of aromatic nitrogens is 2. The van der Waals surface area contributed by atoms with Crippen LogP contribution in [-0.2, 0) is 6.42 Å². The highest BCUT2D eigenvalue weighted by molar-refractivity contribution is 5.77. The van der Waals surface area contributed by atoms with Crippen LogP contribution in [-0.4, -0.2) is 21.7 Å². The summed E-state index contributed by atoms with van der Waals surface area (Å²) in [5.41, 5.74) is -0.267. The van der Waals surface area contributed by atoms with Gasteiger partial charge in [0.2, 0.25) is 0 Å². The number of aromatic amines is 1. The molecule has 1 heterocycles. The average molecular weight is 222 g/mol. The molecular weight excluding hydrogens is 211 g/mol. The van der Waals surface area contributed by atoms with Crippen molar-refractivity contribution in [1.29, 1.82) is 0 Å². The number of para-hydroxylation sites is 1. The highest BCUT2D eigenvalue weighted by Crippen LogP contribution is 2.11. The molecule has 0 amide bonds. The van der Waals surface area contributed by atoms with Crippen molar-refractivity contribution in [3.63, 3.8) is 0 Å². The van der Waals surface area contributed by atoms with Crippen molar-refractivity contribution in [1.82, 2.24) is 9.97 Å². The summed E-state index contributed by atoms with van der Waals surface area (Å²) in [5.74, 6) is -0.106. The minimum Gasteiger partial charge on any atom is -0.396 e. The molecule has 1 aromatic carbocycles. The molecule has 1 aromatic heterocycles. The van der Waals surface area contributed by atoms with Crippen molar-refractivity contribution in [3.8, 4) is 0 Å². The Kier molecular flexibility index (Phi) is 2.96. The van der Waals surface area contributed by atoms with Crippen LogP contribution >= 0.6 is 0 Å². The average Bonchev–Trinajstić information content (AvgIpc) is 2.28. The first-order valence-corrected chi connectivity index (χ1v) is 5.00. The van der Waals surface area contributed by atoms with E-state index in [0.29, 0.717) is 18.7 Å². The maximum Gasteiger partial charge on any atom is 0.258 e. The Labute approximate surface area is 90.8 Å². The molecular formula is C11H11FN2O2. The number of aliphatic hydroxyl groups is 1. The van der Waals surface area contributed by atoms with E-state index in [0.717, 1.165) is 0 Å². The van der Waals surface area contributed by atoms with Gasteiger partial charge in [-0.25, -0.2) is 9.37 Å². The zero-order valence-electron chi connectivity index (χ0n) is 8.53. The van der Waals surface area contributed by atoms with Crippen LogP contribution in [0.4, 0.5) is 4.39 Å². The molecule has 2 rings (SSSR count). The van der Waals surface area contributed by atoms with Crippen LogP contribution in [0.25, 0.3) is 10.9 Å². The molecule has 0 atom stereocenters. The summed E-state index contributed by atoms with van der Waals surface area (Å²) in [6.45, 7) is 0.0129. The predicted octanol–water partition coefficient (Wildman–Crippen LogP) is 0.987. The molecule has 4 nitrogen and oxygen atoms in total. The van der Waals surface area contributed by atoms with E-state index in [1.165, 1.54) is 18.2 Å². The number of hydrogen-bond donors (Lipinski definition) is 2. The van der Waals surface area contributed by atoms with E-state index in [2.05, 4.69) is 9.97 Å². The summed E-state index contributed by atoms with van der Waals surface area (Å²) in [6, 6.07) is 4.27. The number of nitrogens with zero attached hydrogens (tertiary/aromatic N) is 1.